The second kappa shape index (κ2) is 6.08. The molecule has 1 N–H and O–H groups in total. The predicted octanol–water partition coefficient (Wildman–Crippen LogP) is 2.76. The molecule has 0 unspecified atom stereocenters. The van der Waals surface area contributed by atoms with Gasteiger partial charge in [0.15, 0.2) is 5.75 Å². The first-order chi connectivity index (χ1) is 10.0. The number of hydrogen-bond donors (Lipinski definition) is 1. The summed E-state index contributed by atoms with van der Waals surface area (Å²) in [6.07, 6.45) is 4.75. The fourth-order valence-electron chi connectivity index (χ4n) is 1.89. The van der Waals surface area contributed by atoms with Gasteiger partial charge >= 0.3 is 11.7 Å². The van der Waals surface area contributed by atoms with Gasteiger partial charge in [-0.2, -0.15) is 0 Å². The number of aliphatic carboxylic acids is 1. The second-order valence-corrected chi connectivity index (χ2v) is 4.28. The number of benzene rings is 1. The molecule has 110 valence electrons. The highest BCUT2D eigenvalue weighted by atomic mass is 16.7. The van der Waals surface area contributed by atoms with Crippen LogP contribution in [-0.4, -0.2) is 22.8 Å². The molecule has 0 amide bonds. The highest BCUT2D eigenvalue weighted by Gasteiger charge is 2.26. The summed E-state index contributed by atoms with van der Waals surface area (Å²) in [6.45, 7) is 1.81. The Kier molecular flexibility index (Phi) is 4.22. The largest absolute Gasteiger partial charge is 0.478 e. The Morgan fingerprint density at radius 1 is 1.43 bits per heavy atom. The summed E-state index contributed by atoms with van der Waals surface area (Å²) in [5.74, 6) is -0.615. The molecule has 2 rings (SSSR count). The van der Waals surface area contributed by atoms with Gasteiger partial charge in [-0.3, -0.25) is 10.1 Å². The maximum Gasteiger partial charge on any atom is 0.328 e. The van der Waals surface area contributed by atoms with Crippen LogP contribution in [0.4, 0.5) is 5.69 Å². The van der Waals surface area contributed by atoms with Crippen LogP contribution in [0.3, 0.4) is 0 Å². The Labute approximate surface area is 120 Å². The first-order valence-corrected chi connectivity index (χ1v) is 6.21. The lowest BCUT2D eigenvalue weighted by Crippen LogP contribution is -1.95. The van der Waals surface area contributed by atoms with Crippen LogP contribution in [0.15, 0.2) is 29.9 Å². The van der Waals surface area contributed by atoms with Crippen molar-refractivity contribution >= 4 is 17.7 Å². The van der Waals surface area contributed by atoms with Gasteiger partial charge in [0, 0.05) is 12.1 Å². The van der Waals surface area contributed by atoms with Crippen molar-refractivity contribution in [1.29, 1.82) is 0 Å². The van der Waals surface area contributed by atoms with Crippen molar-refractivity contribution in [2.75, 3.05) is 6.79 Å². The Balaban J connectivity index is 2.42. The van der Waals surface area contributed by atoms with E-state index in [4.69, 9.17) is 14.6 Å². The van der Waals surface area contributed by atoms with Crippen molar-refractivity contribution in [3.05, 3.63) is 45.5 Å². The number of fused-ring (bicyclic) bond motifs is 1. The normalized spacial score (nSPS) is 13.7. The SMILES string of the molecule is CCC(/C=C/C(=O)O)=C\c1cc2c(c([N+](=O)[O-])c1)OCO2. The van der Waals surface area contributed by atoms with Crippen molar-refractivity contribution in [3.8, 4) is 11.5 Å². The molecule has 0 atom stereocenters. The number of ether oxygens (including phenoxy) is 2. The number of rotatable bonds is 5. The molecule has 1 heterocycles. The third-order valence-electron chi connectivity index (χ3n) is 2.87. The molecule has 1 aromatic carbocycles. The molecule has 0 spiro atoms. The van der Waals surface area contributed by atoms with Crippen molar-refractivity contribution in [2.45, 2.75) is 13.3 Å². The van der Waals surface area contributed by atoms with Crippen LogP contribution in [0, 0.1) is 10.1 Å². The molecule has 1 aliphatic rings. The molecule has 0 aliphatic carbocycles. The van der Waals surface area contributed by atoms with Crippen LogP contribution in [0.25, 0.3) is 6.08 Å². The summed E-state index contributed by atoms with van der Waals surface area (Å²) >= 11 is 0. The number of carbonyl (C=O) groups is 1. The second-order valence-electron chi connectivity index (χ2n) is 4.28. The van der Waals surface area contributed by atoms with E-state index in [9.17, 15) is 14.9 Å². The Hall–Kier alpha value is -2.83. The zero-order chi connectivity index (χ0) is 15.4. The first kappa shape index (κ1) is 14.6. The lowest BCUT2D eigenvalue weighted by atomic mass is 10.1. The first-order valence-electron chi connectivity index (χ1n) is 6.21. The van der Waals surface area contributed by atoms with E-state index in [0.29, 0.717) is 17.7 Å². The fourth-order valence-corrected chi connectivity index (χ4v) is 1.89. The lowest BCUT2D eigenvalue weighted by molar-refractivity contribution is -0.385. The Morgan fingerprint density at radius 2 is 2.19 bits per heavy atom. The zero-order valence-corrected chi connectivity index (χ0v) is 11.2. The highest BCUT2D eigenvalue weighted by Crippen LogP contribution is 2.42. The van der Waals surface area contributed by atoms with Crippen molar-refractivity contribution < 1.29 is 24.3 Å². The van der Waals surface area contributed by atoms with Crippen LogP contribution < -0.4 is 9.47 Å². The van der Waals surface area contributed by atoms with Crippen molar-refractivity contribution in [2.24, 2.45) is 0 Å². The van der Waals surface area contributed by atoms with Gasteiger partial charge < -0.3 is 14.6 Å². The van der Waals surface area contributed by atoms with Gasteiger partial charge in [0.05, 0.1) is 4.92 Å². The predicted molar refractivity (Wildman–Crippen MR) is 74.3 cm³/mol. The Bertz CT molecular complexity index is 647. The number of nitro groups is 1. The number of nitrogens with zero attached hydrogens (tertiary/aromatic N) is 1. The fraction of sp³-hybridized carbons (Fsp3) is 0.214. The summed E-state index contributed by atoms with van der Waals surface area (Å²) in [6, 6.07) is 3.00. The Morgan fingerprint density at radius 3 is 2.81 bits per heavy atom. The van der Waals surface area contributed by atoms with E-state index in [-0.39, 0.29) is 18.2 Å². The number of nitro benzene ring substituents is 1. The minimum Gasteiger partial charge on any atom is -0.478 e. The standard InChI is InChI=1S/C14H13NO6/c1-2-9(3-4-13(16)17)5-10-6-11(15(18)19)14-12(7-10)20-8-21-14/h3-7H,2,8H2,1H3,(H,16,17)/b4-3+,9-5+. The van der Waals surface area contributed by atoms with E-state index in [2.05, 4.69) is 0 Å². The molecular formula is C14H13NO6. The molecule has 1 aliphatic heterocycles. The smallest absolute Gasteiger partial charge is 0.328 e. The minimum atomic E-state index is -1.05. The quantitative estimate of drug-likeness (QED) is 0.387. The van der Waals surface area contributed by atoms with E-state index in [1.54, 1.807) is 12.1 Å². The number of carboxylic acids is 1. The van der Waals surface area contributed by atoms with E-state index < -0.39 is 10.9 Å². The monoisotopic (exact) mass is 291 g/mol. The summed E-state index contributed by atoms with van der Waals surface area (Å²) in [5, 5.41) is 19.7. The molecule has 0 bridgehead atoms. The molecule has 7 heteroatoms. The van der Waals surface area contributed by atoms with Gasteiger partial charge in [0.25, 0.3) is 0 Å². The van der Waals surface area contributed by atoms with Gasteiger partial charge in [-0.1, -0.05) is 19.1 Å². The third kappa shape index (κ3) is 3.38. The van der Waals surface area contributed by atoms with Gasteiger partial charge in [-0.05, 0) is 23.6 Å². The van der Waals surface area contributed by atoms with Crippen LogP contribution in [0.5, 0.6) is 11.5 Å². The average molecular weight is 291 g/mol. The minimum absolute atomic E-state index is 0.0527. The van der Waals surface area contributed by atoms with E-state index in [1.165, 1.54) is 12.1 Å². The number of carboxylic acid groups (broad SMARTS) is 1. The highest BCUT2D eigenvalue weighted by molar-refractivity contribution is 5.81. The molecule has 0 saturated carbocycles. The maximum absolute atomic E-state index is 11.0. The van der Waals surface area contributed by atoms with Crippen LogP contribution in [0.2, 0.25) is 0 Å². The molecule has 21 heavy (non-hydrogen) atoms. The number of hydrogen-bond acceptors (Lipinski definition) is 5. The zero-order valence-electron chi connectivity index (χ0n) is 11.2. The molecule has 0 saturated heterocycles. The summed E-state index contributed by atoms with van der Waals surface area (Å²) in [4.78, 5) is 21.0. The summed E-state index contributed by atoms with van der Waals surface area (Å²) in [7, 11) is 0. The van der Waals surface area contributed by atoms with E-state index in [1.807, 2.05) is 6.92 Å². The average Bonchev–Trinajstić information content (AvgIpc) is 2.90. The van der Waals surface area contributed by atoms with Crippen LogP contribution in [0.1, 0.15) is 18.9 Å². The van der Waals surface area contributed by atoms with Crippen molar-refractivity contribution in [1.82, 2.24) is 0 Å². The summed E-state index contributed by atoms with van der Waals surface area (Å²) < 4.78 is 10.3. The molecule has 0 aromatic heterocycles. The van der Waals surface area contributed by atoms with Crippen molar-refractivity contribution in [3.63, 3.8) is 0 Å². The van der Waals surface area contributed by atoms with Gasteiger partial charge in [-0.15, -0.1) is 0 Å². The molecule has 0 fully saturated rings. The molecule has 1 aromatic rings. The molecule has 0 radical (unpaired) electrons. The topological polar surface area (TPSA) is 98.9 Å². The lowest BCUT2D eigenvalue weighted by Gasteiger charge is -2.02. The van der Waals surface area contributed by atoms with Gasteiger partial charge in [0.1, 0.15) is 0 Å². The van der Waals surface area contributed by atoms with E-state index >= 15 is 0 Å². The number of allylic oxidation sites excluding steroid dienone is 2. The van der Waals surface area contributed by atoms with Crippen LogP contribution in [-0.2, 0) is 4.79 Å². The molecule has 7 nitrogen and oxygen atoms in total. The summed E-state index contributed by atoms with van der Waals surface area (Å²) in [5.41, 5.74) is 1.11. The molecular weight excluding hydrogens is 278 g/mol. The van der Waals surface area contributed by atoms with Crippen LogP contribution >= 0.6 is 0 Å². The van der Waals surface area contributed by atoms with E-state index in [0.717, 1.165) is 11.6 Å². The van der Waals surface area contributed by atoms with Gasteiger partial charge in [0.2, 0.25) is 12.5 Å². The maximum atomic E-state index is 11.0. The third-order valence-corrected chi connectivity index (χ3v) is 2.87. The van der Waals surface area contributed by atoms with Gasteiger partial charge in [-0.25, -0.2) is 4.79 Å².